The number of halogens is 2. The van der Waals surface area contributed by atoms with Crippen LogP contribution in [0.25, 0.3) is 0 Å². The maximum atomic E-state index is 11.9. The zero-order valence-corrected chi connectivity index (χ0v) is 10.9. The molecular formula is C11H15BrFN3O. The van der Waals surface area contributed by atoms with E-state index < -0.39 is 6.67 Å². The molecular weight excluding hydrogens is 289 g/mol. The van der Waals surface area contributed by atoms with Crippen molar-refractivity contribution >= 4 is 21.9 Å². The number of rotatable bonds is 6. The fraction of sp³-hybridized carbons (Fsp3) is 0.364. The molecule has 0 aromatic heterocycles. The Kier molecular flexibility index (Phi) is 5.93. The highest BCUT2D eigenvalue weighted by molar-refractivity contribution is 9.10. The van der Waals surface area contributed by atoms with E-state index in [4.69, 9.17) is 15.9 Å². The van der Waals surface area contributed by atoms with Crippen LogP contribution >= 0.6 is 15.9 Å². The van der Waals surface area contributed by atoms with Crippen molar-refractivity contribution in [3.63, 3.8) is 0 Å². The third-order valence-corrected chi connectivity index (χ3v) is 2.82. The molecule has 94 valence electrons. The van der Waals surface area contributed by atoms with Gasteiger partial charge in [0.15, 0.2) is 5.96 Å². The van der Waals surface area contributed by atoms with Gasteiger partial charge < -0.3 is 15.8 Å². The molecule has 0 radical (unpaired) electrons. The maximum Gasteiger partial charge on any atom is 0.185 e. The summed E-state index contributed by atoms with van der Waals surface area (Å²) in [6, 6.07) is 5.73. The highest BCUT2D eigenvalue weighted by Crippen LogP contribution is 2.19. The third kappa shape index (κ3) is 5.14. The molecule has 0 atom stereocenters. The normalized spacial score (nSPS) is 10.2. The number of hydrogen-bond acceptors (Lipinski definition) is 2. The van der Waals surface area contributed by atoms with Crippen LogP contribution in [-0.2, 0) is 17.9 Å². The number of hydrogen-bond donors (Lipinski definition) is 3. The van der Waals surface area contributed by atoms with Gasteiger partial charge >= 0.3 is 0 Å². The summed E-state index contributed by atoms with van der Waals surface area (Å²) in [5.74, 6) is -0.0588. The molecule has 0 unspecified atom stereocenters. The second kappa shape index (κ2) is 7.24. The largest absolute Gasteiger partial charge is 0.374 e. The highest BCUT2D eigenvalue weighted by Gasteiger charge is 2.02. The van der Waals surface area contributed by atoms with Crippen molar-refractivity contribution in [1.82, 2.24) is 5.32 Å². The lowest BCUT2D eigenvalue weighted by atomic mass is 10.1. The molecule has 0 saturated heterocycles. The Balaban J connectivity index is 2.56. The van der Waals surface area contributed by atoms with Crippen molar-refractivity contribution in [3.05, 3.63) is 33.8 Å². The van der Waals surface area contributed by atoms with Crippen molar-refractivity contribution in [2.45, 2.75) is 13.2 Å². The summed E-state index contributed by atoms with van der Waals surface area (Å²) in [5, 5.41) is 9.77. The highest BCUT2D eigenvalue weighted by atomic mass is 79.9. The minimum absolute atomic E-state index is 0.0588. The lowest BCUT2D eigenvalue weighted by Gasteiger charge is -2.08. The first-order valence-corrected chi connectivity index (χ1v) is 5.91. The number of nitrogens with two attached hydrogens (primary N) is 1. The molecule has 1 rings (SSSR count). The van der Waals surface area contributed by atoms with Crippen LogP contribution in [0.4, 0.5) is 4.39 Å². The molecule has 4 nitrogen and oxygen atoms in total. The van der Waals surface area contributed by atoms with Crippen molar-refractivity contribution in [3.8, 4) is 0 Å². The van der Waals surface area contributed by atoms with Gasteiger partial charge in [0.2, 0.25) is 0 Å². The number of guanidine groups is 1. The Bertz CT molecular complexity index is 387. The van der Waals surface area contributed by atoms with Gasteiger partial charge in [0.05, 0.1) is 13.2 Å². The molecule has 4 N–H and O–H groups in total. The second-order valence-corrected chi connectivity index (χ2v) is 4.29. The Morgan fingerprint density at radius 3 is 2.88 bits per heavy atom. The molecule has 1 aromatic carbocycles. The summed E-state index contributed by atoms with van der Waals surface area (Å²) >= 11 is 3.42. The number of benzene rings is 1. The van der Waals surface area contributed by atoms with Crippen LogP contribution in [0.1, 0.15) is 11.1 Å². The van der Waals surface area contributed by atoms with E-state index >= 15 is 0 Å². The first kappa shape index (κ1) is 13.9. The zero-order valence-electron chi connectivity index (χ0n) is 9.30. The summed E-state index contributed by atoms with van der Waals surface area (Å²) < 4.78 is 17.9. The number of nitrogens with one attached hydrogen (secondary N) is 2. The SMILES string of the molecule is N=C(N)NCc1ccc(COCCF)c(Br)c1. The van der Waals surface area contributed by atoms with Gasteiger partial charge in [-0.1, -0.05) is 28.1 Å². The van der Waals surface area contributed by atoms with Crippen LogP contribution in [0.2, 0.25) is 0 Å². The van der Waals surface area contributed by atoms with Gasteiger partial charge in [-0.25, -0.2) is 4.39 Å². The summed E-state index contributed by atoms with van der Waals surface area (Å²) in [6.07, 6.45) is 0. The van der Waals surface area contributed by atoms with Crippen molar-refractivity contribution in [2.75, 3.05) is 13.3 Å². The van der Waals surface area contributed by atoms with Crippen LogP contribution in [0.5, 0.6) is 0 Å². The average molecular weight is 304 g/mol. The van der Waals surface area contributed by atoms with Gasteiger partial charge in [0.1, 0.15) is 6.67 Å². The van der Waals surface area contributed by atoms with E-state index in [-0.39, 0.29) is 12.6 Å². The number of alkyl halides is 1. The van der Waals surface area contributed by atoms with E-state index in [0.29, 0.717) is 13.2 Å². The molecule has 0 spiro atoms. The van der Waals surface area contributed by atoms with E-state index in [9.17, 15) is 4.39 Å². The standard InChI is InChI=1S/C11H15BrFN3O/c12-10-5-8(6-16-11(14)15)1-2-9(10)7-17-4-3-13/h1-2,5H,3-4,6-7H2,(H4,14,15,16). The fourth-order valence-corrected chi connectivity index (χ4v) is 1.79. The van der Waals surface area contributed by atoms with Gasteiger partial charge in [0, 0.05) is 11.0 Å². The summed E-state index contributed by atoms with van der Waals surface area (Å²) in [7, 11) is 0. The predicted molar refractivity (Wildman–Crippen MR) is 68.5 cm³/mol. The van der Waals surface area contributed by atoms with Crippen LogP contribution in [0.3, 0.4) is 0 Å². The van der Waals surface area contributed by atoms with Crippen LogP contribution in [0, 0.1) is 5.41 Å². The minimum Gasteiger partial charge on any atom is -0.374 e. The molecule has 0 heterocycles. The molecule has 0 aliphatic heterocycles. The topological polar surface area (TPSA) is 71.1 Å². The second-order valence-electron chi connectivity index (χ2n) is 3.43. The molecule has 0 aliphatic carbocycles. The Morgan fingerprint density at radius 1 is 1.53 bits per heavy atom. The van der Waals surface area contributed by atoms with Gasteiger partial charge in [0.25, 0.3) is 0 Å². The summed E-state index contributed by atoms with van der Waals surface area (Å²) in [6.45, 7) is 0.517. The van der Waals surface area contributed by atoms with Crippen LogP contribution in [0.15, 0.2) is 22.7 Å². The van der Waals surface area contributed by atoms with Crippen molar-refractivity contribution in [2.24, 2.45) is 5.73 Å². The van der Waals surface area contributed by atoms with Crippen LogP contribution in [-0.4, -0.2) is 19.2 Å². The van der Waals surface area contributed by atoms with E-state index in [1.165, 1.54) is 0 Å². The molecule has 0 amide bonds. The Labute approximate surface area is 108 Å². The van der Waals surface area contributed by atoms with E-state index in [2.05, 4.69) is 21.2 Å². The average Bonchev–Trinajstić information content (AvgIpc) is 2.29. The minimum atomic E-state index is -0.474. The van der Waals surface area contributed by atoms with E-state index in [1.807, 2.05) is 18.2 Å². The fourth-order valence-electron chi connectivity index (χ4n) is 1.25. The van der Waals surface area contributed by atoms with Gasteiger partial charge in [-0.05, 0) is 17.2 Å². The lowest BCUT2D eigenvalue weighted by Crippen LogP contribution is -2.29. The Hall–Kier alpha value is -1.14. The lowest BCUT2D eigenvalue weighted by molar-refractivity contribution is 0.106. The zero-order chi connectivity index (χ0) is 12.7. The molecule has 17 heavy (non-hydrogen) atoms. The monoisotopic (exact) mass is 303 g/mol. The molecule has 0 aliphatic rings. The third-order valence-electron chi connectivity index (χ3n) is 2.08. The quantitative estimate of drug-likeness (QED) is 0.427. The van der Waals surface area contributed by atoms with Crippen molar-refractivity contribution in [1.29, 1.82) is 5.41 Å². The van der Waals surface area contributed by atoms with Crippen molar-refractivity contribution < 1.29 is 9.13 Å². The molecule has 0 saturated carbocycles. The maximum absolute atomic E-state index is 11.9. The van der Waals surface area contributed by atoms with Gasteiger partial charge in [-0.3, -0.25) is 5.41 Å². The molecule has 6 heteroatoms. The first-order valence-electron chi connectivity index (χ1n) is 5.12. The van der Waals surface area contributed by atoms with E-state index in [1.54, 1.807) is 0 Å². The first-order chi connectivity index (χ1) is 8.13. The summed E-state index contributed by atoms with van der Waals surface area (Å²) in [5.41, 5.74) is 7.16. The molecule has 0 fully saturated rings. The van der Waals surface area contributed by atoms with Gasteiger partial charge in [-0.2, -0.15) is 0 Å². The summed E-state index contributed by atoms with van der Waals surface area (Å²) in [4.78, 5) is 0. The van der Waals surface area contributed by atoms with Gasteiger partial charge in [-0.15, -0.1) is 0 Å². The van der Waals surface area contributed by atoms with Crippen LogP contribution < -0.4 is 11.1 Å². The Morgan fingerprint density at radius 2 is 2.29 bits per heavy atom. The molecule has 1 aromatic rings. The predicted octanol–water partition coefficient (Wildman–Crippen LogP) is 1.92. The molecule has 0 bridgehead atoms. The number of ether oxygens (including phenoxy) is 1. The smallest absolute Gasteiger partial charge is 0.185 e. The van der Waals surface area contributed by atoms with E-state index in [0.717, 1.165) is 15.6 Å².